The molecule has 2 N–H and O–H groups in total. The van der Waals surface area contributed by atoms with Crippen molar-refractivity contribution in [1.29, 1.82) is 0 Å². The average molecular weight is 296 g/mol. The lowest BCUT2D eigenvalue weighted by molar-refractivity contribution is -0.127. The average Bonchev–Trinajstić information content (AvgIpc) is 2.49. The zero-order valence-electron chi connectivity index (χ0n) is 13.1. The Labute approximate surface area is 125 Å². The van der Waals surface area contributed by atoms with Crippen LogP contribution in [0.2, 0.25) is 0 Å². The fourth-order valence-electron chi connectivity index (χ4n) is 1.84. The van der Waals surface area contributed by atoms with Crippen LogP contribution in [0.25, 0.3) is 0 Å². The highest BCUT2D eigenvalue weighted by atomic mass is 16.5. The van der Waals surface area contributed by atoms with Crippen molar-refractivity contribution in [2.24, 2.45) is 0 Å². The molecule has 1 aromatic rings. The lowest BCUT2D eigenvalue weighted by Gasteiger charge is -2.19. The Morgan fingerprint density at radius 3 is 2.71 bits per heavy atom. The Morgan fingerprint density at radius 1 is 1.33 bits per heavy atom. The number of nitrogens with one attached hydrogen (secondary N) is 2. The number of hydrogen-bond acceptors (Lipinski definition) is 5. The fraction of sp³-hybridized carbons (Fsp3) is 0.533. The van der Waals surface area contributed by atoms with Gasteiger partial charge < -0.3 is 24.8 Å². The van der Waals surface area contributed by atoms with E-state index in [4.69, 9.17) is 14.2 Å². The monoisotopic (exact) mass is 296 g/mol. The molecule has 0 bridgehead atoms. The lowest BCUT2D eigenvalue weighted by atomic mass is 10.2. The van der Waals surface area contributed by atoms with Crippen LogP contribution < -0.4 is 20.1 Å². The summed E-state index contributed by atoms with van der Waals surface area (Å²) >= 11 is 0. The first kappa shape index (κ1) is 17.3. The van der Waals surface area contributed by atoms with Crippen LogP contribution >= 0.6 is 0 Å². The Hall–Kier alpha value is -1.79. The van der Waals surface area contributed by atoms with Crippen LogP contribution in [-0.4, -0.2) is 46.4 Å². The van der Waals surface area contributed by atoms with Gasteiger partial charge in [-0.2, -0.15) is 0 Å². The van der Waals surface area contributed by atoms with Crippen LogP contribution in [0.3, 0.4) is 0 Å². The largest absolute Gasteiger partial charge is 0.493 e. The number of para-hydroxylation sites is 1. The van der Waals surface area contributed by atoms with Crippen molar-refractivity contribution in [3.05, 3.63) is 23.8 Å². The molecule has 1 atom stereocenters. The van der Waals surface area contributed by atoms with Crippen molar-refractivity contribution in [3.63, 3.8) is 0 Å². The topological polar surface area (TPSA) is 68.8 Å². The first-order valence-electron chi connectivity index (χ1n) is 6.87. The predicted octanol–water partition coefficient (Wildman–Crippen LogP) is 0.945. The van der Waals surface area contributed by atoms with Gasteiger partial charge in [-0.1, -0.05) is 12.1 Å². The molecule has 1 unspecified atom stereocenters. The first-order chi connectivity index (χ1) is 10.1. The third-order valence-electron chi connectivity index (χ3n) is 2.92. The fourth-order valence-corrected chi connectivity index (χ4v) is 1.84. The van der Waals surface area contributed by atoms with Gasteiger partial charge in [0, 0.05) is 25.8 Å². The van der Waals surface area contributed by atoms with E-state index in [1.54, 1.807) is 21.1 Å². The summed E-state index contributed by atoms with van der Waals surface area (Å²) in [4.78, 5) is 11.9. The smallest absolute Gasteiger partial charge is 0.260 e. The third kappa shape index (κ3) is 5.24. The maximum absolute atomic E-state index is 11.9. The van der Waals surface area contributed by atoms with Gasteiger partial charge in [0.2, 0.25) is 0 Å². The van der Waals surface area contributed by atoms with Crippen molar-refractivity contribution in [1.82, 2.24) is 10.6 Å². The van der Waals surface area contributed by atoms with Crippen LogP contribution in [-0.2, 0) is 16.1 Å². The molecule has 0 aliphatic heterocycles. The summed E-state index contributed by atoms with van der Waals surface area (Å²) in [5.74, 6) is 1.01. The van der Waals surface area contributed by atoms with Gasteiger partial charge in [0.1, 0.15) is 0 Å². The zero-order valence-corrected chi connectivity index (χ0v) is 13.1. The summed E-state index contributed by atoms with van der Waals surface area (Å²) in [6, 6.07) is 5.63. The van der Waals surface area contributed by atoms with Crippen molar-refractivity contribution < 1.29 is 19.0 Å². The summed E-state index contributed by atoms with van der Waals surface area (Å²) < 4.78 is 16.0. The first-order valence-corrected chi connectivity index (χ1v) is 6.87. The normalized spacial score (nSPS) is 11.8. The Kier molecular flexibility index (Phi) is 7.56. The predicted molar refractivity (Wildman–Crippen MR) is 80.7 cm³/mol. The maximum atomic E-state index is 11.9. The number of benzene rings is 1. The van der Waals surface area contributed by atoms with Gasteiger partial charge in [-0.15, -0.1) is 0 Å². The molecule has 0 aromatic heterocycles. The second-order valence-corrected chi connectivity index (χ2v) is 4.52. The summed E-state index contributed by atoms with van der Waals surface area (Å²) in [7, 11) is 5.02. The van der Waals surface area contributed by atoms with Crippen molar-refractivity contribution in [2.45, 2.75) is 19.6 Å². The van der Waals surface area contributed by atoms with Gasteiger partial charge in [0.25, 0.3) is 5.91 Å². The number of carbonyl (C=O) groups is 1. The molecule has 0 fully saturated rings. The van der Waals surface area contributed by atoms with E-state index in [-0.39, 0.29) is 5.91 Å². The van der Waals surface area contributed by atoms with E-state index >= 15 is 0 Å². The Bertz CT molecular complexity index is 451. The molecular formula is C15H24N2O4. The molecule has 6 heteroatoms. The molecule has 0 radical (unpaired) electrons. The molecule has 0 spiro atoms. The Balaban J connectivity index is 2.77. The highest BCUT2D eigenvalue weighted by Gasteiger charge is 2.18. The highest BCUT2D eigenvalue weighted by molar-refractivity contribution is 5.80. The molecule has 6 nitrogen and oxygen atoms in total. The van der Waals surface area contributed by atoms with Crippen molar-refractivity contribution in [2.75, 3.05) is 34.4 Å². The molecule has 1 rings (SSSR count). The molecule has 0 saturated carbocycles. The standard InChI is InChI=1S/C15H24N2O4/c1-11(15(18)17-8-9-19-3)21-14-12(10-16-2)6-5-7-13(14)20-4/h5-7,11,16H,8-10H2,1-4H3,(H,17,18). The van der Waals surface area contributed by atoms with Gasteiger partial charge in [-0.25, -0.2) is 0 Å². The minimum Gasteiger partial charge on any atom is -0.493 e. The van der Waals surface area contributed by atoms with E-state index in [0.29, 0.717) is 31.2 Å². The van der Waals surface area contributed by atoms with Crippen LogP contribution in [0.1, 0.15) is 12.5 Å². The molecule has 0 saturated heterocycles. The lowest BCUT2D eigenvalue weighted by Crippen LogP contribution is -2.38. The van der Waals surface area contributed by atoms with E-state index < -0.39 is 6.10 Å². The molecule has 0 heterocycles. The number of amides is 1. The quantitative estimate of drug-likeness (QED) is 0.664. The van der Waals surface area contributed by atoms with E-state index in [1.807, 2.05) is 25.2 Å². The SMILES string of the molecule is CNCc1cccc(OC)c1OC(C)C(=O)NCCOC. The van der Waals surface area contributed by atoms with Crippen molar-refractivity contribution >= 4 is 5.91 Å². The summed E-state index contributed by atoms with van der Waals surface area (Å²) in [6.45, 7) is 3.26. The second-order valence-electron chi connectivity index (χ2n) is 4.52. The number of ether oxygens (including phenoxy) is 3. The van der Waals surface area contributed by atoms with Gasteiger partial charge in [-0.3, -0.25) is 4.79 Å². The van der Waals surface area contributed by atoms with Crippen LogP contribution in [0, 0.1) is 0 Å². The van der Waals surface area contributed by atoms with E-state index in [1.165, 1.54) is 0 Å². The molecular weight excluding hydrogens is 272 g/mol. The van der Waals surface area contributed by atoms with Gasteiger partial charge >= 0.3 is 0 Å². The number of hydrogen-bond donors (Lipinski definition) is 2. The summed E-state index contributed by atoms with van der Waals surface area (Å²) in [6.07, 6.45) is -0.617. The molecule has 1 amide bonds. The van der Waals surface area contributed by atoms with Gasteiger partial charge in [-0.05, 0) is 20.0 Å². The van der Waals surface area contributed by atoms with E-state index in [0.717, 1.165) is 5.56 Å². The van der Waals surface area contributed by atoms with E-state index in [2.05, 4.69) is 10.6 Å². The molecule has 0 aliphatic carbocycles. The number of carbonyl (C=O) groups excluding carboxylic acids is 1. The highest BCUT2D eigenvalue weighted by Crippen LogP contribution is 2.31. The minimum absolute atomic E-state index is 0.187. The van der Waals surface area contributed by atoms with Gasteiger partial charge in [0.15, 0.2) is 17.6 Å². The van der Waals surface area contributed by atoms with Crippen molar-refractivity contribution in [3.8, 4) is 11.5 Å². The third-order valence-corrected chi connectivity index (χ3v) is 2.92. The molecule has 1 aromatic carbocycles. The minimum atomic E-state index is -0.617. The number of methoxy groups -OCH3 is 2. The van der Waals surface area contributed by atoms with E-state index in [9.17, 15) is 4.79 Å². The summed E-state index contributed by atoms with van der Waals surface area (Å²) in [5.41, 5.74) is 0.938. The van der Waals surface area contributed by atoms with Crippen LogP contribution in [0.5, 0.6) is 11.5 Å². The maximum Gasteiger partial charge on any atom is 0.260 e. The zero-order chi connectivity index (χ0) is 15.7. The molecule has 21 heavy (non-hydrogen) atoms. The number of rotatable bonds is 9. The Morgan fingerprint density at radius 2 is 2.10 bits per heavy atom. The van der Waals surface area contributed by atoms with Crippen LogP contribution in [0.4, 0.5) is 0 Å². The summed E-state index contributed by atoms with van der Waals surface area (Å²) in [5, 5.41) is 5.81. The van der Waals surface area contributed by atoms with Crippen LogP contribution in [0.15, 0.2) is 18.2 Å². The molecule has 118 valence electrons. The molecule has 0 aliphatic rings. The second kappa shape index (κ2) is 9.20. The van der Waals surface area contributed by atoms with Gasteiger partial charge in [0.05, 0.1) is 13.7 Å².